The summed E-state index contributed by atoms with van der Waals surface area (Å²) in [5.41, 5.74) is -2.84. The third-order valence-corrected chi connectivity index (χ3v) is 9.52. The van der Waals surface area contributed by atoms with E-state index in [-0.39, 0.29) is 24.3 Å². The van der Waals surface area contributed by atoms with E-state index in [1.807, 2.05) is 30.0 Å². The zero-order valence-corrected chi connectivity index (χ0v) is 26.4. The second kappa shape index (κ2) is 11.9. The Morgan fingerprint density at radius 3 is 1.98 bits per heavy atom. The SMILES string of the molecule is Cc1ccccc1-c1cc(N2CCN(S(C)(=O)=O)C(C)C2)ncc1N(C)C(=O)C(C)(C)c1cc(C(F)(F)F)cc(C(F)(F)F)c1. The average molecular weight is 657 g/mol. The van der Waals surface area contributed by atoms with Gasteiger partial charge in [-0.05, 0) is 68.7 Å². The predicted octanol–water partition coefficient (Wildman–Crippen LogP) is 6.51. The van der Waals surface area contributed by atoms with Crippen molar-refractivity contribution in [2.24, 2.45) is 0 Å². The van der Waals surface area contributed by atoms with E-state index in [1.54, 1.807) is 19.1 Å². The Labute approximate surface area is 258 Å². The number of amides is 1. The van der Waals surface area contributed by atoms with Crippen LogP contribution in [0.1, 0.15) is 43.0 Å². The number of aromatic nitrogens is 1. The van der Waals surface area contributed by atoms with E-state index in [9.17, 15) is 39.6 Å². The van der Waals surface area contributed by atoms with E-state index in [2.05, 4.69) is 4.98 Å². The summed E-state index contributed by atoms with van der Waals surface area (Å²) >= 11 is 0. The molecule has 244 valence electrons. The number of anilines is 2. The third-order valence-electron chi connectivity index (χ3n) is 8.13. The number of piperazine rings is 1. The maximum atomic E-state index is 14.0. The molecule has 1 amide bonds. The molecule has 1 aliphatic heterocycles. The Morgan fingerprint density at radius 1 is 0.911 bits per heavy atom. The highest BCUT2D eigenvalue weighted by molar-refractivity contribution is 7.88. The number of rotatable bonds is 6. The summed E-state index contributed by atoms with van der Waals surface area (Å²) in [7, 11) is -2.01. The number of alkyl halides is 6. The first kappa shape index (κ1) is 34.2. The van der Waals surface area contributed by atoms with Crippen molar-refractivity contribution < 1.29 is 39.6 Å². The lowest BCUT2D eigenvalue weighted by Crippen LogP contribution is -2.53. The Balaban J connectivity index is 1.78. The number of sulfonamides is 1. The molecule has 1 aliphatic rings. The van der Waals surface area contributed by atoms with Gasteiger partial charge in [-0.3, -0.25) is 4.79 Å². The van der Waals surface area contributed by atoms with Crippen LogP contribution in [0.15, 0.2) is 54.7 Å². The maximum absolute atomic E-state index is 14.0. The minimum atomic E-state index is -5.07. The molecule has 2 heterocycles. The molecule has 3 aromatic rings. The molecule has 7 nitrogen and oxygen atoms in total. The number of aryl methyl sites for hydroxylation is 1. The van der Waals surface area contributed by atoms with Crippen LogP contribution < -0.4 is 9.80 Å². The van der Waals surface area contributed by atoms with Crippen LogP contribution in [0.4, 0.5) is 37.8 Å². The minimum absolute atomic E-state index is 0.0311. The zero-order chi connectivity index (χ0) is 33.7. The van der Waals surface area contributed by atoms with E-state index in [4.69, 9.17) is 0 Å². The van der Waals surface area contributed by atoms with Crippen molar-refractivity contribution in [3.8, 4) is 11.1 Å². The standard InChI is InChI=1S/C31H34F6N4O3S/c1-19-9-7-8-10-24(19)25-16-27(40-11-12-41(20(2)18-40)45(6,43)44)38-17-26(25)39(5)28(42)29(3,4)21-13-22(30(32,33)34)15-23(14-21)31(35,36)37/h7-10,13-17,20H,11-12,18H2,1-6H3. The largest absolute Gasteiger partial charge is 0.416 e. The third kappa shape index (κ3) is 7.11. The van der Waals surface area contributed by atoms with Gasteiger partial charge in [0.15, 0.2) is 0 Å². The second-order valence-electron chi connectivity index (χ2n) is 11.8. The van der Waals surface area contributed by atoms with Crippen molar-refractivity contribution in [3.63, 3.8) is 0 Å². The van der Waals surface area contributed by atoms with Crippen molar-refractivity contribution in [1.29, 1.82) is 0 Å². The lowest BCUT2D eigenvalue weighted by atomic mass is 9.81. The fraction of sp³-hybridized carbons (Fsp3) is 0.419. The smallest absolute Gasteiger partial charge is 0.354 e. The number of halogens is 6. The number of hydrogen-bond donors (Lipinski definition) is 0. The lowest BCUT2D eigenvalue weighted by Gasteiger charge is -2.39. The van der Waals surface area contributed by atoms with Crippen LogP contribution >= 0.6 is 0 Å². The average Bonchev–Trinajstić information content (AvgIpc) is 2.94. The molecule has 2 aromatic carbocycles. The highest BCUT2D eigenvalue weighted by Gasteiger charge is 2.41. The molecule has 1 atom stereocenters. The fourth-order valence-corrected chi connectivity index (χ4v) is 6.71. The molecule has 0 bridgehead atoms. The monoisotopic (exact) mass is 656 g/mol. The summed E-state index contributed by atoms with van der Waals surface area (Å²) in [4.78, 5) is 21.6. The van der Waals surface area contributed by atoms with Gasteiger partial charge in [0.1, 0.15) is 5.82 Å². The van der Waals surface area contributed by atoms with E-state index >= 15 is 0 Å². The molecule has 45 heavy (non-hydrogen) atoms. The van der Waals surface area contributed by atoms with Crippen LogP contribution in [0.25, 0.3) is 11.1 Å². The summed E-state index contributed by atoms with van der Waals surface area (Å²) in [6.45, 7) is 7.16. The van der Waals surface area contributed by atoms with Crippen LogP contribution in [0.5, 0.6) is 0 Å². The first-order valence-corrected chi connectivity index (χ1v) is 15.8. The molecular formula is C31H34F6N4O3S. The van der Waals surface area contributed by atoms with Crippen molar-refractivity contribution in [2.75, 3.05) is 42.7 Å². The number of nitrogens with zero attached hydrogens (tertiary/aromatic N) is 4. The highest BCUT2D eigenvalue weighted by Crippen LogP contribution is 2.41. The molecule has 0 aliphatic carbocycles. The first-order valence-electron chi connectivity index (χ1n) is 14.0. The van der Waals surface area contributed by atoms with Gasteiger partial charge in [-0.25, -0.2) is 13.4 Å². The summed E-state index contributed by atoms with van der Waals surface area (Å²) in [5.74, 6) is -0.237. The van der Waals surface area contributed by atoms with Gasteiger partial charge in [0, 0.05) is 38.3 Å². The number of carbonyl (C=O) groups excluding carboxylic acids is 1. The Hall–Kier alpha value is -3.65. The molecule has 1 unspecified atom stereocenters. The van der Waals surface area contributed by atoms with Crippen LogP contribution in [0, 0.1) is 6.92 Å². The van der Waals surface area contributed by atoms with E-state index in [1.165, 1.54) is 36.3 Å². The summed E-state index contributed by atoms with van der Waals surface area (Å²) in [6, 6.07) is 9.91. The molecular weight excluding hydrogens is 622 g/mol. The van der Waals surface area contributed by atoms with Gasteiger partial charge in [-0.15, -0.1) is 0 Å². The van der Waals surface area contributed by atoms with Crippen LogP contribution in [-0.4, -0.2) is 62.6 Å². The number of hydrogen-bond acceptors (Lipinski definition) is 5. The van der Waals surface area contributed by atoms with E-state index in [0.29, 0.717) is 36.6 Å². The quantitative estimate of drug-likeness (QED) is 0.283. The van der Waals surface area contributed by atoms with Crippen LogP contribution in [0.3, 0.4) is 0 Å². The zero-order valence-electron chi connectivity index (χ0n) is 25.6. The highest BCUT2D eigenvalue weighted by atomic mass is 32.2. The summed E-state index contributed by atoms with van der Waals surface area (Å²) < 4.78 is 107. The molecule has 1 aromatic heterocycles. The van der Waals surface area contributed by atoms with Gasteiger partial charge in [0.05, 0.1) is 34.7 Å². The number of likely N-dealkylation sites (N-methyl/N-ethyl adjacent to an activating group) is 1. The Bertz CT molecular complexity index is 1670. The second-order valence-corrected chi connectivity index (χ2v) is 13.8. The Morgan fingerprint density at radius 2 is 1.47 bits per heavy atom. The van der Waals surface area contributed by atoms with Gasteiger partial charge in [0.25, 0.3) is 0 Å². The molecule has 4 rings (SSSR count). The molecule has 1 saturated heterocycles. The van der Waals surface area contributed by atoms with Gasteiger partial charge in [0.2, 0.25) is 15.9 Å². The van der Waals surface area contributed by atoms with Gasteiger partial charge in [-0.2, -0.15) is 30.6 Å². The van der Waals surface area contributed by atoms with E-state index in [0.717, 1.165) is 17.4 Å². The van der Waals surface area contributed by atoms with Crippen LogP contribution in [0.2, 0.25) is 0 Å². The first-order chi connectivity index (χ1) is 20.6. The predicted molar refractivity (Wildman–Crippen MR) is 161 cm³/mol. The lowest BCUT2D eigenvalue weighted by molar-refractivity contribution is -0.143. The molecule has 0 spiro atoms. The van der Waals surface area contributed by atoms with Crippen molar-refractivity contribution >= 4 is 27.4 Å². The number of benzene rings is 2. The molecule has 0 saturated carbocycles. The molecule has 0 radical (unpaired) electrons. The van der Waals surface area contributed by atoms with Gasteiger partial charge in [-0.1, -0.05) is 24.3 Å². The molecule has 1 fully saturated rings. The topological polar surface area (TPSA) is 73.8 Å². The number of carbonyl (C=O) groups is 1. The minimum Gasteiger partial charge on any atom is -0.354 e. The maximum Gasteiger partial charge on any atom is 0.416 e. The summed E-state index contributed by atoms with van der Waals surface area (Å²) in [6.07, 6.45) is -7.54. The molecule has 14 heteroatoms. The van der Waals surface area contributed by atoms with Crippen molar-refractivity contribution in [3.05, 3.63) is 77.0 Å². The van der Waals surface area contributed by atoms with Gasteiger partial charge >= 0.3 is 12.4 Å². The van der Waals surface area contributed by atoms with Gasteiger partial charge < -0.3 is 9.80 Å². The van der Waals surface area contributed by atoms with Crippen LogP contribution in [-0.2, 0) is 32.6 Å². The molecule has 0 N–H and O–H groups in total. The summed E-state index contributed by atoms with van der Waals surface area (Å²) in [5, 5.41) is 0. The van der Waals surface area contributed by atoms with Crippen molar-refractivity contribution in [2.45, 2.75) is 51.5 Å². The van der Waals surface area contributed by atoms with Crippen molar-refractivity contribution in [1.82, 2.24) is 9.29 Å². The van der Waals surface area contributed by atoms with E-state index < -0.39 is 50.4 Å². The number of pyridine rings is 1. The fourth-order valence-electron chi connectivity index (χ4n) is 5.58. The Kier molecular flexibility index (Phi) is 9.08. The normalized spacial score (nSPS) is 17.0.